The lowest BCUT2D eigenvalue weighted by Gasteiger charge is -2.10. The van der Waals surface area contributed by atoms with Gasteiger partial charge in [-0.25, -0.2) is 9.78 Å². The molecule has 0 bridgehead atoms. The van der Waals surface area contributed by atoms with Crippen molar-refractivity contribution in [2.24, 2.45) is 0 Å². The zero-order valence-corrected chi connectivity index (χ0v) is 20.0. The number of H-pyrrole nitrogens is 1. The van der Waals surface area contributed by atoms with Crippen molar-refractivity contribution >= 4 is 39.7 Å². The van der Waals surface area contributed by atoms with Gasteiger partial charge in [0.05, 0.1) is 32.9 Å². The number of nitrogens with zero attached hydrogens (tertiary/aromatic N) is 2. The van der Waals surface area contributed by atoms with Gasteiger partial charge < -0.3 is 24.1 Å². The van der Waals surface area contributed by atoms with E-state index in [1.807, 2.05) is 0 Å². The molecule has 0 saturated carbocycles. The Kier molecular flexibility index (Phi) is 7.65. The fraction of sp³-hybridized carbons (Fsp3) is 0.190. The molecule has 0 amide bonds. The molecule has 0 aliphatic rings. The molecule has 0 atom stereocenters. The molecule has 9 nitrogen and oxygen atoms in total. The van der Waals surface area contributed by atoms with Gasteiger partial charge in [-0.3, -0.25) is 5.10 Å². The maximum atomic E-state index is 11.9. The Morgan fingerprint density at radius 1 is 1.03 bits per heavy atom. The lowest BCUT2D eigenvalue weighted by atomic mass is 10.2. The van der Waals surface area contributed by atoms with E-state index in [0.717, 1.165) is 11.8 Å². The summed E-state index contributed by atoms with van der Waals surface area (Å²) in [6.07, 6.45) is 1.50. The molecular weight excluding hydrogens is 502 g/mol. The summed E-state index contributed by atoms with van der Waals surface area (Å²) in [5.41, 5.74) is 1.29. The highest BCUT2D eigenvalue weighted by Gasteiger charge is 2.17. The van der Waals surface area contributed by atoms with Gasteiger partial charge in [-0.05, 0) is 63.6 Å². The smallest absolute Gasteiger partial charge is 0.342 e. The normalized spacial score (nSPS) is 11.2. The molecule has 0 spiro atoms. The summed E-state index contributed by atoms with van der Waals surface area (Å²) in [7, 11) is 6.14. The highest BCUT2D eigenvalue weighted by molar-refractivity contribution is 9.10. The van der Waals surface area contributed by atoms with Crippen LogP contribution in [0, 0.1) is 0 Å². The maximum absolute atomic E-state index is 11.9. The van der Waals surface area contributed by atoms with E-state index < -0.39 is 5.97 Å². The van der Waals surface area contributed by atoms with Crippen LogP contribution in [0.4, 0.5) is 0 Å². The predicted molar refractivity (Wildman–Crippen MR) is 124 cm³/mol. The molecule has 2 aromatic carbocycles. The van der Waals surface area contributed by atoms with E-state index in [-0.39, 0.29) is 10.1 Å². The summed E-state index contributed by atoms with van der Waals surface area (Å²) in [5.74, 6) is 1.50. The number of rotatable bonds is 9. The Morgan fingerprint density at radius 3 is 2.28 bits per heavy atom. The van der Waals surface area contributed by atoms with Gasteiger partial charge >= 0.3 is 5.97 Å². The number of halogens is 1. The number of carboxylic acid groups (broad SMARTS) is 1. The monoisotopic (exact) mass is 521 g/mol. The fourth-order valence-electron chi connectivity index (χ4n) is 2.77. The van der Waals surface area contributed by atoms with Crippen molar-refractivity contribution in [3.05, 3.63) is 45.3 Å². The van der Waals surface area contributed by atoms with Gasteiger partial charge in [0.25, 0.3) is 0 Å². The molecule has 0 fully saturated rings. The summed E-state index contributed by atoms with van der Waals surface area (Å²) in [6, 6.07) is 8.69. The van der Waals surface area contributed by atoms with Crippen LogP contribution >= 0.6 is 27.7 Å². The number of hydrogen-bond acceptors (Lipinski definition) is 8. The molecule has 1 heterocycles. The molecule has 3 rings (SSSR count). The first-order chi connectivity index (χ1) is 15.4. The van der Waals surface area contributed by atoms with Crippen molar-refractivity contribution in [1.29, 1.82) is 0 Å². The standard InChI is InChI=1S/C21H20BrN3O6S/c1-28-13-8-12(9-14(10-13)29-2)19-23-21(25-24-19)32-17(20(26)27)7-11-5-15(22)18(31-4)16(6-11)30-3/h5-10H,1-4H3,(H,26,27)(H,23,24,25)/b17-7-. The van der Waals surface area contributed by atoms with Crippen molar-refractivity contribution in [2.75, 3.05) is 28.4 Å². The van der Waals surface area contributed by atoms with Gasteiger partial charge in [0.2, 0.25) is 5.16 Å². The number of aromatic nitrogens is 3. The van der Waals surface area contributed by atoms with Crippen LogP contribution < -0.4 is 18.9 Å². The summed E-state index contributed by atoms with van der Waals surface area (Å²) in [4.78, 5) is 16.3. The number of hydrogen-bond donors (Lipinski definition) is 2. The Labute approximate surface area is 196 Å². The van der Waals surface area contributed by atoms with E-state index in [1.54, 1.807) is 44.6 Å². The highest BCUT2D eigenvalue weighted by atomic mass is 79.9. The molecule has 168 valence electrons. The third-order valence-electron chi connectivity index (χ3n) is 4.26. The quantitative estimate of drug-likeness (QED) is 0.310. The maximum Gasteiger partial charge on any atom is 0.342 e. The van der Waals surface area contributed by atoms with E-state index in [2.05, 4.69) is 31.1 Å². The second kappa shape index (κ2) is 10.4. The molecule has 0 aliphatic carbocycles. The van der Waals surface area contributed by atoms with E-state index in [4.69, 9.17) is 18.9 Å². The molecule has 2 N–H and O–H groups in total. The average molecular weight is 522 g/mol. The molecule has 0 saturated heterocycles. The van der Waals surface area contributed by atoms with E-state index in [1.165, 1.54) is 20.3 Å². The molecule has 1 aromatic heterocycles. The summed E-state index contributed by atoms with van der Waals surface area (Å²) in [6.45, 7) is 0. The first-order valence-corrected chi connectivity index (χ1v) is 10.7. The minimum atomic E-state index is -1.12. The fourth-order valence-corrected chi connectivity index (χ4v) is 4.10. The molecule has 3 aromatic rings. The van der Waals surface area contributed by atoms with Gasteiger partial charge in [0.15, 0.2) is 17.3 Å². The van der Waals surface area contributed by atoms with Crippen molar-refractivity contribution in [3.8, 4) is 34.4 Å². The molecule has 11 heteroatoms. The predicted octanol–water partition coefficient (Wildman–Crippen LogP) is 4.49. The van der Waals surface area contributed by atoms with Crippen LogP contribution in [0.5, 0.6) is 23.0 Å². The second-order valence-electron chi connectivity index (χ2n) is 6.22. The summed E-state index contributed by atoms with van der Waals surface area (Å²) >= 11 is 4.32. The van der Waals surface area contributed by atoms with Crippen molar-refractivity contribution in [3.63, 3.8) is 0 Å². The van der Waals surface area contributed by atoms with Crippen molar-refractivity contribution in [1.82, 2.24) is 15.2 Å². The molecule has 32 heavy (non-hydrogen) atoms. The lowest BCUT2D eigenvalue weighted by molar-refractivity contribution is -0.131. The molecular formula is C21H20BrN3O6S. The van der Waals surface area contributed by atoms with Crippen LogP contribution in [0.3, 0.4) is 0 Å². The summed E-state index contributed by atoms with van der Waals surface area (Å²) < 4.78 is 21.8. The van der Waals surface area contributed by atoms with Crippen molar-refractivity contribution in [2.45, 2.75) is 5.16 Å². The van der Waals surface area contributed by atoms with Crippen LogP contribution in [0.2, 0.25) is 0 Å². The number of nitrogens with one attached hydrogen (secondary N) is 1. The first kappa shape index (κ1) is 23.5. The largest absolute Gasteiger partial charge is 0.497 e. The molecule has 0 unspecified atom stereocenters. The number of aliphatic carboxylic acids is 1. The topological polar surface area (TPSA) is 116 Å². The van der Waals surface area contributed by atoms with Crippen LogP contribution in [0.1, 0.15) is 5.56 Å². The van der Waals surface area contributed by atoms with E-state index in [0.29, 0.717) is 44.4 Å². The van der Waals surface area contributed by atoms with E-state index >= 15 is 0 Å². The van der Waals surface area contributed by atoms with Crippen LogP contribution in [0.15, 0.2) is 44.9 Å². The van der Waals surface area contributed by atoms with Gasteiger partial charge in [-0.15, -0.1) is 5.10 Å². The minimum Gasteiger partial charge on any atom is -0.497 e. The van der Waals surface area contributed by atoms with Crippen LogP contribution in [0.25, 0.3) is 17.5 Å². The zero-order chi connectivity index (χ0) is 23.3. The Balaban J connectivity index is 1.91. The number of thioether (sulfide) groups is 1. The van der Waals surface area contributed by atoms with Gasteiger partial charge in [-0.1, -0.05) is 0 Å². The molecule has 0 radical (unpaired) electrons. The summed E-state index contributed by atoms with van der Waals surface area (Å²) in [5, 5.41) is 16.9. The zero-order valence-electron chi connectivity index (χ0n) is 17.6. The third kappa shape index (κ3) is 5.35. The SMILES string of the molecule is COc1cc(OC)cc(-c2nc(S/C(=C\c3cc(Br)c(OC)c(OC)c3)C(=O)O)n[nH]2)c1. The van der Waals surface area contributed by atoms with Gasteiger partial charge in [-0.2, -0.15) is 0 Å². The third-order valence-corrected chi connectivity index (χ3v) is 5.72. The van der Waals surface area contributed by atoms with Gasteiger partial charge in [0.1, 0.15) is 16.4 Å². The number of benzene rings is 2. The number of methoxy groups -OCH3 is 4. The second-order valence-corrected chi connectivity index (χ2v) is 8.09. The van der Waals surface area contributed by atoms with Crippen molar-refractivity contribution < 1.29 is 28.8 Å². The van der Waals surface area contributed by atoms with Crippen LogP contribution in [-0.2, 0) is 4.79 Å². The number of carbonyl (C=O) groups is 1. The average Bonchev–Trinajstić information content (AvgIpc) is 3.26. The molecule has 0 aliphatic heterocycles. The Bertz CT molecular complexity index is 1140. The highest BCUT2D eigenvalue weighted by Crippen LogP contribution is 2.38. The number of aromatic amines is 1. The Hall–Kier alpha value is -3.18. The minimum absolute atomic E-state index is 0.0258. The van der Waals surface area contributed by atoms with Crippen LogP contribution in [-0.4, -0.2) is 54.7 Å². The number of ether oxygens (including phenoxy) is 4. The Morgan fingerprint density at radius 2 is 1.72 bits per heavy atom. The van der Waals surface area contributed by atoms with E-state index in [9.17, 15) is 9.90 Å². The van der Waals surface area contributed by atoms with Gasteiger partial charge in [0, 0.05) is 11.6 Å². The lowest BCUT2D eigenvalue weighted by Crippen LogP contribution is -1.98. The first-order valence-electron chi connectivity index (χ1n) is 9.08. The number of carboxylic acids is 1.